The molecule has 0 aliphatic rings. The Morgan fingerprint density at radius 1 is 1.45 bits per heavy atom. The molecule has 0 saturated heterocycles. The van der Waals surface area contributed by atoms with Gasteiger partial charge in [-0.3, -0.25) is 14.2 Å². The minimum Gasteiger partial charge on any atom is -0.313 e. The smallest absolute Gasteiger partial charge is 0.313 e. The predicted octanol–water partition coefficient (Wildman–Crippen LogP) is 2.19. The Labute approximate surface area is 119 Å². The lowest BCUT2D eigenvalue weighted by Gasteiger charge is -2.17. The van der Waals surface area contributed by atoms with Crippen molar-refractivity contribution in [2.24, 2.45) is 0 Å². The molecule has 106 valence electrons. The Kier molecular flexibility index (Phi) is 4.34. The van der Waals surface area contributed by atoms with E-state index >= 15 is 0 Å². The predicted molar refractivity (Wildman–Crippen MR) is 78.7 cm³/mol. The minimum absolute atomic E-state index is 0.0160. The van der Waals surface area contributed by atoms with Crippen molar-refractivity contribution >= 4 is 17.1 Å². The summed E-state index contributed by atoms with van der Waals surface area (Å²) in [5.41, 5.74) is -0.984. The number of Topliss-reactive ketones (excluding diaryl/α,β-unsaturated/α-hetero) is 1. The monoisotopic (exact) mass is 292 g/mol. The summed E-state index contributed by atoms with van der Waals surface area (Å²) in [6.45, 7) is 3.31. The molecule has 0 aliphatic heterocycles. The summed E-state index contributed by atoms with van der Waals surface area (Å²) in [7, 11) is 0. The molecular formula is C14H16N2O3S. The molecule has 2 aromatic rings. The molecule has 1 N–H and O–H groups in total. The Morgan fingerprint density at radius 3 is 2.75 bits per heavy atom. The van der Waals surface area contributed by atoms with Gasteiger partial charge >= 0.3 is 5.69 Å². The average Bonchev–Trinajstić information content (AvgIpc) is 2.90. The zero-order chi connectivity index (χ0) is 14.7. The number of carbonyl (C=O) groups excluding carboxylic acids is 1. The van der Waals surface area contributed by atoms with Crippen molar-refractivity contribution < 1.29 is 4.79 Å². The van der Waals surface area contributed by atoms with E-state index in [1.54, 1.807) is 0 Å². The second-order valence-electron chi connectivity index (χ2n) is 4.56. The largest absolute Gasteiger partial charge is 0.328 e. The third-order valence-electron chi connectivity index (χ3n) is 3.13. The van der Waals surface area contributed by atoms with Gasteiger partial charge in [-0.2, -0.15) is 0 Å². The summed E-state index contributed by atoms with van der Waals surface area (Å²) < 4.78 is 1.16. The Hall–Kier alpha value is -1.95. The summed E-state index contributed by atoms with van der Waals surface area (Å²) in [4.78, 5) is 39.3. The molecular weight excluding hydrogens is 276 g/mol. The maximum atomic E-state index is 12.4. The van der Waals surface area contributed by atoms with Crippen LogP contribution >= 0.6 is 11.3 Å². The van der Waals surface area contributed by atoms with Crippen molar-refractivity contribution in [3.63, 3.8) is 0 Å². The average molecular weight is 292 g/mol. The Morgan fingerprint density at radius 2 is 2.20 bits per heavy atom. The van der Waals surface area contributed by atoms with Gasteiger partial charge in [0, 0.05) is 11.1 Å². The van der Waals surface area contributed by atoms with Crippen LogP contribution in [0.15, 0.2) is 33.3 Å². The Bertz CT molecular complexity index is 713. The second-order valence-corrected chi connectivity index (χ2v) is 5.54. The topological polar surface area (TPSA) is 71.9 Å². The number of nitrogens with zero attached hydrogens (tertiary/aromatic N) is 1. The van der Waals surface area contributed by atoms with Crippen LogP contribution in [0.1, 0.15) is 48.0 Å². The van der Waals surface area contributed by atoms with Crippen LogP contribution in [0, 0.1) is 0 Å². The van der Waals surface area contributed by atoms with Gasteiger partial charge in [0.1, 0.15) is 0 Å². The lowest BCUT2D eigenvalue weighted by atomic mass is 10.1. The molecule has 5 nitrogen and oxygen atoms in total. The molecule has 1 atom stereocenters. The van der Waals surface area contributed by atoms with Crippen molar-refractivity contribution in [3.8, 4) is 0 Å². The van der Waals surface area contributed by atoms with Crippen LogP contribution in [0.4, 0.5) is 0 Å². The minimum atomic E-state index is -0.520. The number of hydrogen-bond donors (Lipinski definition) is 1. The van der Waals surface area contributed by atoms with Crippen LogP contribution in [0.2, 0.25) is 0 Å². The Balaban J connectivity index is 2.65. The first-order valence-electron chi connectivity index (χ1n) is 6.44. The summed E-state index contributed by atoms with van der Waals surface area (Å²) in [5.74, 6) is -0.346. The highest BCUT2D eigenvalue weighted by atomic mass is 32.1. The first kappa shape index (κ1) is 14.5. The van der Waals surface area contributed by atoms with Crippen LogP contribution in [-0.4, -0.2) is 15.3 Å². The summed E-state index contributed by atoms with van der Waals surface area (Å²) in [6, 6.07) is 3.46. The highest BCUT2D eigenvalue weighted by Crippen LogP contribution is 2.25. The normalized spacial score (nSPS) is 12.3. The van der Waals surface area contributed by atoms with Crippen LogP contribution in [-0.2, 0) is 0 Å². The fourth-order valence-corrected chi connectivity index (χ4v) is 3.03. The molecule has 0 radical (unpaired) electrons. The van der Waals surface area contributed by atoms with Gasteiger partial charge in [0.05, 0.1) is 11.6 Å². The van der Waals surface area contributed by atoms with Gasteiger partial charge in [-0.15, -0.1) is 11.3 Å². The standard InChI is InChI=1S/C14H16N2O3S/c1-3-5-11(12-6-4-7-20-12)16-13(18)10(9(2)17)8-15-14(16)19/h4,6-8,11H,3,5H2,1-2H3,(H,15,19). The maximum Gasteiger partial charge on any atom is 0.328 e. The molecule has 0 spiro atoms. The van der Waals surface area contributed by atoms with Crippen LogP contribution in [0.3, 0.4) is 0 Å². The van der Waals surface area contributed by atoms with Gasteiger partial charge in [-0.05, 0) is 24.8 Å². The van der Waals surface area contributed by atoms with E-state index < -0.39 is 11.2 Å². The second kappa shape index (κ2) is 6.00. The summed E-state index contributed by atoms with van der Waals surface area (Å²) in [6.07, 6.45) is 2.70. The third kappa shape index (κ3) is 2.65. The quantitative estimate of drug-likeness (QED) is 0.859. The lowest BCUT2D eigenvalue weighted by Crippen LogP contribution is -2.40. The van der Waals surface area contributed by atoms with E-state index in [1.165, 1.54) is 24.5 Å². The van der Waals surface area contributed by atoms with Gasteiger partial charge in [-0.25, -0.2) is 4.79 Å². The molecule has 2 heterocycles. The fourth-order valence-electron chi connectivity index (χ4n) is 2.18. The number of carbonyl (C=O) groups is 1. The number of ketones is 1. The van der Waals surface area contributed by atoms with Crippen molar-refractivity contribution in [1.29, 1.82) is 0 Å². The lowest BCUT2D eigenvalue weighted by molar-refractivity contribution is 0.101. The van der Waals surface area contributed by atoms with Gasteiger partial charge in [0.15, 0.2) is 5.78 Å². The van der Waals surface area contributed by atoms with E-state index in [1.807, 2.05) is 24.4 Å². The number of aromatic nitrogens is 2. The van der Waals surface area contributed by atoms with Crippen LogP contribution in [0.25, 0.3) is 0 Å². The highest BCUT2D eigenvalue weighted by Gasteiger charge is 2.20. The highest BCUT2D eigenvalue weighted by molar-refractivity contribution is 7.10. The van der Waals surface area contributed by atoms with Gasteiger partial charge in [0.25, 0.3) is 5.56 Å². The van der Waals surface area contributed by atoms with E-state index in [2.05, 4.69) is 4.98 Å². The van der Waals surface area contributed by atoms with E-state index in [-0.39, 0.29) is 17.4 Å². The molecule has 20 heavy (non-hydrogen) atoms. The first-order valence-corrected chi connectivity index (χ1v) is 7.32. The van der Waals surface area contributed by atoms with Gasteiger partial charge < -0.3 is 4.98 Å². The van der Waals surface area contributed by atoms with Gasteiger partial charge in [0.2, 0.25) is 0 Å². The summed E-state index contributed by atoms with van der Waals surface area (Å²) >= 11 is 1.50. The number of rotatable bonds is 5. The zero-order valence-corrected chi connectivity index (χ0v) is 12.2. The van der Waals surface area contributed by atoms with Crippen molar-refractivity contribution in [1.82, 2.24) is 9.55 Å². The fraction of sp³-hybridized carbons (Fsp3) is 0.357. The van der Waals surface area contributed by atoms with Crippen molar-refractivity contribution in [2.75, 3.05) is 0 Å². The summed E-state index contributed by atoms with van der Waals surface area (Å²) in [5, 5.41) is 1.91. The molecule has 0 amide bonds. The maximum absolute atomic E-state index is 12.4. The molecule has 0 aromatic carbocycles. The SMILES string of the molecule is CCCC(c1cccs1)n1c(=O)[nH]cc(C(C)=O)c1=O. The molecule has 0 aliphatic carbocycles. The van der Waals surface area contributed by atoms with Crippen molar-refractivity contribution in [3.05, 3.63) is 55.0 Å². The number of H-pyrrole nitrogens is 1. The third-order valence-corrected chi connectivity index (χ3v) is 4.11. The zero-order valence-electron chi connectivity index (χ0n) is 11.4. The molecule has 0 fully saturated rings. The molecule has 1 unspecified atom stereocenters. The van der Waals surface area contributed by atoms with E-state index in [9.17, 15) is 14.4 Å². The van der Waals surface area contributed by atoms with Crippen LogP contribution < -0.4 is 11.2 Å². The first-order chi connectivity index (χ1) is 9.56. The molecule has 0 bridgehead atoms. The van der Waals surface area contributed by atoms with Crippen molar-refractivity contribution in [2.45, 2.75) is 32.7 Å². The molecule has 6 heteroatoms. The van der Waals surface area contributed by atoms with E-state index in [0.717, 1.165) is 15.9 Å². The number of thiophene rings is 1. The molecule has 0 saturated carbocycles. The molecule has 2 rings (SSSR count). The van der Waals surface area contributed by atoms with Gasteiger partial charge in [-0.1, -0.05) is 19.4 Å². The van der Waals surface area contributed by atoms with E-state index in [0.29, 0.717) is 6.42 Å². The number of aromatic amines is 1. The van der Waals surface area contributed by atoms with E-state index in [4.69, 9.17) is 0 Å². The number of hydrogen-bond acceptors (Lipinski definition) is 4. The number of nitrogens with one attached hydrogen (secondary N) is 1. The van der Waals surface area contributed by atoms with Crippen LogP contribution in [0.5, 0.6) is 0 Å². The molecule has 2 aromatic heterocycles.